The fourth-order valence-electron chi connectivity index (χ4n) is 5.44. The molecule has 5 heteroatoms. The summed E-state index contributed by atoms with van der Waals surface area (Å²) in [6.07, 6.45) is 15.3. The standard InChI is InChI=1S/C28H42ClN3O/c1-5-7-9-10-14-28(4)15-18-32(20-28)24-19-22(11-8-6-2)26(29)21(3)25(24)27(33)31-23-12-16-30-17-13-23/h12-13,16-17,24H,5-11,14-15,18-20H2,1-4H3,(H,30,31,33). The summed E-state index contributed by atoms with van der Waals surface area (Å²) in [5.41, 5.74) is 4.21. The van der Waals surface area contributed by atoms with E-state index in [2.05, 4.69) is 36.0 Å². The number of hydrogen-bond acceptors (Lipinski definition) is 3. The highest BCUT2D eigenvalue weighted by Crippen LogP contribution is 2.43. The highest BCUT2D eigenvalue weighted by molar-refractivity contribution is 6.33. The van der Waals surface area contributed by atoms with Gasteiger partial charge in [0.05, 0.1) is 0 Å². The second kappa shape index (κ2) is 12.2. The van der Waals surface area contributed by atoms with E-state index in [0.29, 0.717) is 5.41 Å². The third-order valence-electron chi connectivity index (χ3n) is 7.49. The number of hydrogen-bond donors (Lipinski definition) is 1. The van der Waals surface area contributed by atoms with Crippen molar-refractivity contribution < 1.29 is 4.79 Å². The minimum absolute atomic E-state index is 0.0343. The first-order valence-corrected chi connectivity index (χ1v) is 13.3. The molecule has 182 valence electrons. The lowest BCUT2D eigenvalue weighted by Gasteiger charge is -2.36. The van der Waals surface area contributed by atoms with E-state index < -0.39 is 0 Å². The van der Waals surface area contributed by atoms with Gasteiger partial charge in [-0.05, 0) is 74.3 Å². The molecule has 2 atom stereocenters. The number of pyridine rings is 1. The third-order valence-corrected chi connectivity index (χ3v) is 8.04. The normalized spacial score (nSPS) is 24.0. The zero-order valence-electron chi connectivity index (χ0n) is 21.1. The van der Waals surface area contributed by atoms with Crippen LogP contribution >= 0.6 is 11.6 Å². The molecule has 33 heavy (non-hydrogen) atoms. The van der Waals surface area contributed by atoms with Crippen molar-refractivity contribution in [1.29, 1.82) is 0 Å². The van der Waals surface area contributed by atoms with E-state index in [0.717, 1.165) is 60.6 Å². The second-order valence-corrected chi connectivity index (χ2v) is 10.7. The third kappa shape index (κ3) is 6.70. The summed E-state index contributed by atoms with van der Waals surface area (Å²) in [6.45, 7) is 11.1. The number of anilines is 1. The van der Waals surface area contributed by atoms with E-state index in [1.807, 2.05) is 19.1 Å². The minimum Gasteiger partial charge on any atom is -0.322 e. The van der Waals surface area contributed by atoms with E-state index in [1.54, 1.807) is 12.4 Å². The van der Waals surface area contributed by atoms with Gasteiger partial charge in [-0.3, -0.25) is 14.7 Å². The number of allylic oxidation sites excluding steroid dienone is 2. The fourth-order valence-corrected chi connectivity index (χ4v) is 5.71. The van der Waals surface area contributed by atoms with E-state index in [1.165, 1.54) is 44.1 Å². The molecule has 0 radical (unpaired) electrons. The van der Waals surface area contributed by atoms with Crippen molar-refractivity contribution in [3.8, 4) is 0 Å². The average molecular weight is 472 g/mol. The minimum atomic E-state index is -0.0343. The first kappa shape index (κ1) is 26.0. The summed E-state index contributed by atoms with van der Waals surface area (Å²) in [6, 6.07) is 3.76. The molecule has 0 aromatic carbocycles. The lowest BCUT2D eigenvalue weighted by Crippen LogP contribution is -2.42. The van der Waals surface area contributed by atoms with Crippen LogP contribution in [0.15, 0.2) is 46.3 Å². The highest BCUT2D eigenvalue weighted by atomic mass is 35.5. The van der Waals surface area contributed by atoms with E-state index in [4.69, 9.17) is 11.6 Å². The van der Waals surface area contributed by atoms with Gasteiger partial charge >= 0.3 is 0 Å². The number of halogens is 1. The summed E-state index contributed by atoms with van der Waals surface area (Å²) in [5, 5.41) is 3.90. The van der Waals surface area contributed by atoms with Gasteiger partial charge in [0, 0.05) is 41.3 Å². The second-order valence-electron chi connectivity index (χ2n) is 10.3. The largest absolute Gasteiger partial charge is 0.322 e. The van der Waals surface area contributed by atoms with Crippen molar-refractivity contribution in [1.82, 2.24) is 9.88 Å². The molecule has 0 spiro atoms. The molecule has 1 aliphatic heterocycles. The van der Waals surface area contributed by atoms with Crippen LogP contribution in [0, 0.1) is 5.41 Å². The Balaban J connectivity index is 1.82. The van der Waals surface area contributed by atoms with Crippen LogP contribution < -0.4 is 5.32 Å². The number of carbonyl (C=O) groups excluding carboxylic acids is 1. The van der Waals surface area contributed by atoms with Gasteiger partial charge in [-0.2, -0.15) is 0 Å². The van der Waals surface area contributed by atoms with E-state index >= 15 is 0 Å². The number of unbranched alkanes of at least 4 members (excludes halogenated alkanes) is 4. The molecule has 2 unspecified atom stereocenters. The van der Waals surface area contributed by atoms with Crippen LogP contribution in [0.1, 0.15) is 91.9 Å². The van der Waals surface area contributed by atoms with Gasteiger partial charge in [0.25, 0.3) is 5.91 Å². The quantitative estimate of drug-likeness (QED) is 0.340. The summed E-state index contributed by atoms with van der Waals surface area (Å²) < 4.78 is 0. The van der Waals surface area contributed by atoms with Crippen LogP contribution in [0.5, 0.6) is 0 Å². The summed E-state index contributed by atoms with van der Waals surface area (Å²) >= 11 is 6.85. The molecule has 3 rings (SSSR count). The number of nitrogens with one attached hydrogen (secondary N) is 1. The maximum absolute atomic E-state index is 13.5. The van der Waals surface area contributed by atoms with Crippen LogP contribution in [0.3, 0.4) is 0 Å². The molecular formula is C28H42ClN3O. The van der Waals surface area contributed by atoms with Gasteiger partial charge in [0.2, 0.25) is 0 Å². The SMILES string of the molecule is CCCCCCC1(C)CCN(C2CC(CCCC)=C(Cl)C(C)=C2C(=O)Nc2ccncc2)C1. The highest BCUT2D eigenvalue weighted by Gasteiger charge is 2.41. The molecule has 1 aromatic heterocycles. The fraction of sp³-hybridized carbons (Fsp3) is 0.643. The Kier molecular flexibility index (Phi) is 9.57. The zero-order chi connectivity index (χ0) is 23.8. The molecule has 0 bridgehead atoms. The molecule has 1 amide bonds. The van der Waals surface area contributed by atoms with Gasteiger partial charge in [-0.15, -0.1) is 0 Å². The van der Waals surface area contributed by atoms with Crippen molar-refractivity contribution in [2.24, 2.45) is 5.41 Å². The Morgan fingerprint density at radius 3 is 2.61 bits per heavy atom. The molecule has 1 fully saturated rings. The smallest absolute Gasteiger partial charge is 0.253 e. The maximum Gasteiger partial charge on any atom is 0.253 e. The zero-order valence-corrected chi connectivity index (χ0v) is 21.8. The Bertz CT molecular complexity index is 863. The number of nitrogens with zero attached hydrogens (tertiary/aromatic N) is 2. The molecular weight excluding hydrogens is 430 g/mol. The Morgan fingerprint density at radius 2 is 1.91 bits per heavy atom. The summed E-state index contributed by atoms with van der Waals surface area (Å²) in [5.74, 6) is -0.0343. The molecule has 2 aliphatic rings. The number of aromatic nitrogens is 1. The monoisotopic (exact) mass is 471 g/mol. The number of rotatable bonds is 11. The first-order valence-electron chi connectivity index (χ1n) is 12.9. The molecule has 0 saturated carbocycles. The van der Waals surface area contributed by atoms with Crippen molar-refractivity contribution in [3.05, 3.63) is 46.3 Å². The summed E-state index contributed by atoms with van der Waals surface area (Å²) in [7, 11) is 0. The van der Waals surface area contributed by atoms with Gasteiger partial charge in [0.15, 0.2) is 0 Å². The Morgan fingerprint density at radius 1 is 1.18 bits per heavy atom. The lowest BCUT2D eigenvalue weighted by atomic mass is 9.83. The van der Waals surface area contributed by atoms with Crippen molar-refractivity contribution in [2.45, 2.75) is 97.9 Å². The van der Waals surface area contributed by atoms with Gasteiger partial charge in [0.1, 0.15) is 0 Å². The molecule has 1 aliphatic carbocycles. The molecule has 4 nitrogen and oxygen atoms in total. The molecule has 1 saturated heterocycles. The molecule has 1 N–H and O–H groups in total. The van der Waals surface area contributed by atoms with Crippen LogP contribution in [0.2, 0.25) is 0 Å². The van der Waals surface area contributed by atoms with E-state index in [-0.39, 0.29) is 11.9 Å². The Hall–Kier alpha value is -1.65. The maximum atomic E-state index is 13.5. The van der Waals surface area contributed by atoms with Crippen molar-refractivity contribution in [2.75, 3.05) is 18.4 Å². The lowest BCUT2D eigenvalue weighted by molar-refractivity contribution is -0.113. The summed E-state index contributed by atoms with van der Waals surface area (Å²) in [4.78, 5) is 20.1. The average Bonchev–Trinajstić information content (AvgIpc) is 3.20. The topological polar surface area (TPSA) is 45.2 Å². The van der Waals surface area contributed by atoms with Gasteiger partial charge < -0.3 is 5.32 Å². The number of amides is 1. The molecule has 1 aromatic rings. The predicted molar refractivity (Wildman–Crippen MR) is 139 cm³/mol. The molecule has 2 heterocycles. The first-order chi connectivity index (χ1) is 15.9. The van der Waals surface area contributed by atoms with Crippen LogP contribution in [-0.4, -0.2) is 34.9 Å². The van der Waals surface area contributed by atoms with Gasteiger partial charge in [-0.25, -0.2) is 0 Å². The van der Waals surface area contributed by atoms with Gasteiger partial charge in [-0.1, -0.05) is 64.5 Å². The van der Waals surface area contributed by atoms with Crippen LogP contribution in [0.4, 0.5) is 5.69 Å². The van der Waals surface area contributed by atoms with Crippen molar-refractivity contribution in [3.63, 3.8) is 0 Å². The van der Waals surface area contributed by atoms with Crippen LogP contribution in [-0.2, 0) is 4.79 Å². The van der Waals surface area contributed by atoms with Crippen molar-refractivity contribution >= 4 is 23.2 Å². The Labute approximate surface area is 205 Å². The van der Waals surface area contributed by atoms with Crippen LogP contribution in [0.25, 0.3) is 0 Å². The predicted octanol–water partition coefficient (Wildman–Crippen LogP) is 7.47. The number of likely N-dealkylation sites (tertiary alicyclic amines) is 1. The number of carbonyl (C=O) groups is 1. The van der Waals surface area contributed by atoms with E-state index in [9.17, 15) is 4.79 Å².